The van der Waals surface area contributed by atoms with E-state index in [0.29, 0.717) is 5.88 Å². The van der Waals surface area contributed by atoms with Crippen LogP contribution in [-0.2, 0) is 0 Å². The summed E-state index contributed by atoms with van der Waals surface area (Å²) < 4.78 is 5.27. The second-order valence-electron chi connectivity index (χ2n) is 2.55. The first kappa shape index (κ1) is 9.06. The van der Waals surface area contributed by atoms with E-state index in [1.54, 1.807) is 0 Å². The zero-order chi connectivity index (χ0) is 9.14. The van der Waals surface area contributed by atoms with Gasteiger partial charge in [0.2, 0.25) is 5.88 Å². The van der Waals surface area contributed by atoms with E-state index < -0.39 is 0 Å². The molecule has 4 nitrogen and oxygen atoms in total. The number of nitrogens with two attached hydrogens (primary N) is 1. The van der Waals surface area contributed by atoms with Gasteiger partial charge in [-0.05, 0) is 13.8 Å². The number of nitrogen functional groups attached to an aromatic ring is 1. The maximum Gasteiger partial charge on any atom is 0.242 e. The quantitative estimate of drug-likeness (QED) is 0.713. The minimum absolute atomic E-state index is 0.0262. The van der Waals surface area contributed by atoms with Crippen LogP contribution in [0, 0.1) is 0 Å². The first-order chi connectivity index (χ1) is 5.61. The van der Waals surface area contributed by atoms with Gasteiger partial charge in [-0.2, -0.15) is 4.98 Å². The fourth-order valence-corrected chi connectivity index (χ4v) is 0.801. The van der Waals surface area contributed by atoms with E-state index in [9.17, 15) is 0 Å². The topological polar surface area (TPSA) is 61.0 Å². The van der Waals surface area contributed by atoms with Crippen molar-refractivity contribution in [3.63, 3.8) is 0 Å². The zero-order valence-electron chi connectivity index (χ0n) is 6.91. The summed E-state index contributed by atoms with van der Waals surface area (Å²) in [5, 5.41) is 0.223. The minimum Gasteiger partial charge on any atom is -0.473 e. The molecule has 0 spiro atoms. The van der Waals surface area contributed by atoms with E-state index in [-0.39, 0.29) is 16.9 Å². The molecule has 0 aliphatic carbocycles. The molecule has 0 aliphatic rings. The van der Waals surface area contributed by atoms with Gasteiger partial charge in [0, 0.05) is 0 Å². The predicted octanol–water partition coefficient (Wildman–Crippen LogP) is 1.50. The molecule has 0 aliphatic heterocycles. The SMILES string of the molecule is CC(C)Oc1ncnc(Cl)c1N. The van der Waals surface area contributed by atoms with E-state index >= 15 is 0 Å². The number of hydrogen-bond acceptors (Lipinski definition) is 4. The normalized spacial score (nSPS) is 10.3. The third-order valence-electron chi connectivity index (χ3n) is 1.15. The fraction of sp³-hybridized carbons (Fsp3) is 0.429. The Morgan fingerprint density at radius 1 is 1.50 bits per heavy atom. The molecule has 1 heterocycles. The van der Waals surface area contributed by atoms with E-state index in [0.717, 1.165) is 0 Å². The Balaban J connectivity index is 2.92. The van der Waals surface area contributed by atoms with Crippen LogP contribution in [-0.4, -0.2) is 16.1 Å². The number of halogens is 1. The van der Waals surface area contributed by atoms with Gasteiger partial charge in [0.25, 0.3) is 0 Å². The molecule has 2 N–H and O–H groups in total. The summed E-state index contributed by atoms with van der Waals surface area (Å²) in [6.45, 7) is 3.77. The Bertz CT molecular complexity index is 277. The van der Waals surface area contributed by atoms with Crippen molar-refractivity contribution in [3.8, 4) is 5.88 Å². The van der Waals surface area contributed by atoms with Gasteiger partial charge >= 0.3 is 0 Å². The van der Waals surface area contributed by atoms with Crippen LogP contribution in [0.15, 0.2) is 6.33 Å². The van der Waals surface area contributed by atoms with Gasteiger partial charge in [-0.25, -0.2) is 4.98 Å². The van der Waals surface area contributed by atoms with Crippen LogP contribution >= 0.6 is 11.6 Å². The lowest BCUT2D eigenvalue weighted by Crippen LogP contribution is -2.09. The number of hydrogen-bond donors (Lipinski definition) is 1. The summed E-state index contributed by atoms with van der Waals surface area (Å²) in [5.41, 5.74) is 5.83. The summed E-state index contributed by atoms with van der Waals surface area (Å²) in [5.74, 6) is 0.338. The summed E-state index contributed by atoms with van der Waals surface area (Å²) in [7, 11) is 0. The zero-order valence-corrected chi connectivity index (χ0v) is 7.67. The molecule has 1 rings (SSSR count). The number of nitrogens with zero attached hydrogens (tertiary/aromatic N) is 2. The highest BCUT2D eigenvalue weighted by Crippen LogP contribution is 2.24. The predicted molar refractivity (Wildman–Crippen MR) is 47.2 cm³/mol. The summed E-state index contributed by atoms with van der Waals surface area (Å²) in [6.07, 6.45) is 1.34. The van der Waals surface area contributed by atoms with Crippen molar-refractivity contribution in [1.29, 1.82) is 0 Å². The number of anilines is 1. The van der Waals surface area contributed by atoms with Crippen molar-refractivity contribution in [3.05, 3.63) is 11.5 Å². The monoisotopic (exact) mass is 187 g/mol. The van der Waals surface area contributed by atoms with Gasteiger partial charge < -0.3 is 10.5 Å². The smallest absolute Gasteiger partial charge is 0.242 e. The molecule has 0 aromatic carbocycles. The van der Waals surface area contributed by atoms with E-state index in [1.807, 2.05) is 13.8 Å². The standard InChI is InChI=1S/C7H10ClN3O/c1-4(2)12-7-5(9)6(8)10-3-11-7/h3-4H,9H2,1-2H3. The van der Waals surface area contributed by atoms with Gasteiger partial charge in [0.05, 0.1) is 6.10 Å². The molecule has 0 radical (unpaired) electrons. The molecule has 0 bridgehead atoms. The first-order valence-corrected chi connectivity index (χ1v) is 3.91. The molecule has 66 valence electrons. The molecule has 0 atom stereocenters. The number of ether oxygens (including phenoxy) is 1. The van der Waals surface area contributed by atoms with E-state index in [2.05, 4.69) is 9.97 Å². The van der Waals surface area contributed by atoms with Crippen molar-refractivity contribution in [2.75, 3.05) is 5.73 Å². The van der Waals surface area contributed by atoms with Crippen molar-refractivity contribution in [2.24, 2.45) is 0 Å². The number of rotatable bonds is 2. The largest absolute Gasteiger partial charge is 0.473 e. The highest BCUT2D eigenvalue weighted by Gasteiger charge is 2.07. The lowest BCUT2D eigenvalue weighted by Gasteiger charge is -2.10. The molecule has 0 fully saturated rings. The fourth-order valence-electron chi connectivity index (χ4n) is 0.676. The third kappa shape index (κ3) is 1.98. The molecular weight excluding hydrogens is 178 g/mol. The highest BCUT2D eigenvalue weighted by atomic mass is 35.5. The Labute approximate surface area is 75.7 Å². The maximum atomic E-state index is 5.64. The van der Waals surface area contributed by atoms with Crippen LogP contribution in [0.4, 0.5) is 5.69 Å². The Morgan fingerprint density at radius 3 is 2.75 bits per heavy atom. The molecule has 0 saturated heterocycles. The summed E-state index contributed by atoms with van der Waals surface area (Å²) in [4.78, 5) is 7.53. The second kappa shape index (κ2) is 3.58. The molecule has 0 unspecified atom stereocenters. The van der Waals surface area contributed by atoms with E-state index in [1.165, 1.54) is 6.33 Å². The Kier molecular flexibility index (Phi) is 2.70. The first-order valence-electron chi connectivity index (χ1n) is 3.54. The molecule has 0 saturated carbocycles. The van der Waals surface area contributed by atoms with Gasteiger partial charge in [-0.15, -0.1) is 0 Å². The van der Waals surface area contributed by atoms with Crippen molar-refractivity contribution >= 4 is 17.3 Å². The molecule has 12 heavy (non-hydrogen) atoms. The molecular formula is C7H10ClN3O. The second-order valence-corrected chi connectivity index (χ2v) is 2.91. The van der Waals surface area contributed by atoms with Crippen molar-refractivity contribution in [1.82, 2.24) is 9.97 Å². The van der Waals surface area contributed by atoms with Crippen LogP contribution in [0.1, 0.15) is 13.8 Å². The Morgan fingerprint density at radius 2 is 2.17 bits per heavy atom. The van der Waals surface area contributed by atoms with Gasteiger partial charge in [-0.1, -0.05) is 11.6 Å². The third-order valence-corrected chi connectivity index (χ3v) is 1.45. The van der Waals surface area contributed by atoms with Gasteiger partial charge in [-0.3, -0.25) is 0 Å². The van der Waals surface area contributed by atoms with Gasteiger partial charge in [0.15, 0.2) is 5.15 Å². The lowest BCUT2D eigenvalue weighted by molar-refractivity contribution is 0.234. The van der Waals surface area contributed by atoms with Crippen LogP contribution in [0.25, 0.3) is 0 Å². The highest BCUT2D eigenvalue weighted by molar-refractivity contribution is 6.32. The van der Waals surface area contributed by atoms with Gasteiger partial charge in [0.1, 0.15) is 12.0 Å². The lowest BCUT2D eigenvalue weighted by atomic mass is 10.4. The summed E-state index contributed by atoms with van der Waals surface area (Å²) >= 11 is 5.64. The maximum absolute atomic E-state index is 5.64. The van der Waals surface area contributed by atoms with Crippen LogP contribution < -0.4 is 10.5 Å². The van der Waals surface area contributed by atoms with Crippen LogP contribution in [0.3, 0.4) is 0 Å². The minimum atomic E-state index is 0.0262. The molecule has 1 aromatic heterocycles. The summed E-state index contributed by atoms with van der Waals surface area (Å²) in [6, 6.07) is 0. The molecule has 1 aromatic rings. The average Bonchev–Trinajstić information content (AvgIpc) is 1.98. The van der Waals surface area contributed by atoms with Crippen LogP contribution in [0.5, 0.6) is 5.88 Å². The number of aromatic nitrogens is 2. The molecule has 0 amide bonds. The van der Waals surface area contributed by atoms with E-state index in [4.69, 9.17) is 22.1 Å². The molecule has 5 heteroatoms. The van der Waals surface area contributed by atoms with Crippen LogP contribution in [0.2, 0.25) is 5.15 Å². The average molecular weight is 188 g/mol. The van der Waals surface area contributed by atoms with Crippen molar-refractivity contribution < 1.29 is 4.74 Å². The van der Waals surface area contributed by atoms with Crippen molar-refractivity contribution in [2.45, 2.75) is 20.0 Å². The Hall–Kier alpha value is -1.03.